The van der Waals surface area contributed by atoms with Crippen LogP contribution in [0.4, 0.5) is 0 Å². The predicted molar refractivity (Wildman–Crippen MR) is 125 cm³/mol. The second-order valence-electron chi connectivity index (χ2n) is 9.95. The molecule has 10 heteroatoms. The van der Waals surface area contributed by atoms with Gasteiger partial charge in [0.05, 0.1) is 25.7 Å². The van der Waals surface area contributed by atoms with Crippen LogP contribution >= 0.6 is 0 Å². The van der Waals surface area contributed by atoms with Crippen molar-refractivity contribution < 1.29 is 48.5 Å². The Morgan fingerprint density at radius 3 is 2.56 bits per heavy atom. The van der Waals surface area contributed by atoms with Gasteiger partial charge in [0.15, 0.2) is 18.0 Å². The number of phenols is 1. The Hall–Kier alpha value is -2.18. The molecule has 2 saturated heterocycles. The number of benzene rings is 2. The van der Waals surface area contributed by atoms with Crippen LogP contribution in [0.3, 0.4) is 0 Å². The maximum Gasteiger partial charge on any atom is 0.271 e. The molecule has 0 saturated carbocycles. The normalized spacial score (nSPS) is 33.0. The standard InChI is InChI=1S/C26H32O10/c1-12-9-14-17(18(27)15-10-33-8-6-5-7-13(15)20(14)30-2)21-16(12)19(28)22-26(29,36-21)25(11-34-25)23(35-22)24(31-3)32-4/h9,19,22-24,27-29H,5-8,10-11H2,1-4H3. The lowest BCUT2D eigenvalue weighted by atomic mass is 9.82. The zero-order chi connectivity index (χ0) is 25.4. The van der Waals surface area contributed by atoms with Gasteiger partial charge in [-0.05, 0) is 37.8 Å². The number of hydrogen-bond acceptors (Lipinski definition) is 10. The van der Waals surface area contributed by atoms with E-state index in [-0.39, 0.29) is 24.7 Å². The van der Waals surface area contributed by atoms with Gasteiger partial charge in [-0.15, -0.1) is 0 Å². The molecule has 2 aromatic rings. The first-order chi connectivity index (χ1) is 17.3. The fourth-order valence-corrected chi connectivity index (χ4v) is 6.24. The molecule has 0 aliphatic carbocycles. The first kappa shape index (κ1) is 24.2. The molecule has 36 heavy (non-hydrogen) atoms. The van der Waals surface area contributed by atoms with Gasteiger partial charge in [-0.1, -0.05) is 0 Å². The molecule has 0 amide bonds. The van der Waals surface area contributed by atoms with Crippen molar-refractivity contribution in [1.29, 1.82) is 0 Å². The quantitative estimate of drug-likeness (QED) is 0.420. The van der Waals surface area contributed by atoms with E-state index in [2.05, 4.69) is 0 Å². The highest BCUT2D eigenvalue weighted by molar-refractivity contribution is 6.02. The van der Waals surface area contributed by atoms with E-state index >= 15 is 0 Å². The summed E-state index contributed by atoms with van der Waals surface area (Å²) in [5.74, 6) is -1.28. The second-order valence-corrected chi connectivity index (χ2v) is 9.95. The highest BCUT2D eigenvalue weighted by atomic mass is 16.8. The van der Waals surface area contributed by atoms with E-state index in [1.165, 1.54) is 14.2 Å². The number of hydrogen-bond donors (Lipinski definition) is 3. The van der Waals surface area contributed by atoms with E-state index in [0.29, 0.717) is 39.8 Å². The van der Waals surface area contributed by atoms with Gasteiger partial charge in [-0.2, -0.15) is 0 Å². The van der Waals surface area contributed by atoms with Crippen molar-refractivity contribution in [3.05, 3.63) is 28.3 Å². The van der Waals surface area contributed by atoms with Gasteiger partial charge in [0.2, 0.25) is 0 Å². The molecule has 4 aliphatic rings. The van der Waals surface area contributed by atoms with E-state index in [1.807, 2.05) is 13.0 Å². The summed E-state index contributed by atoms with van der Waals surface area (Å²) in [6.07, 6.45) is -1.60. The summed E-state index contributed by atoms with van der Waals surface area (Å²) < 4.78 is 40.7. The lowest BCUT2D eigenvalue weighted by Crippen LogP contribution is -2.60. The maximum atomic E-state index is 11.9. The number of rotatable bonds is 4. The Morgan fingerprint density at radius 2 is 1.89 bits per heavy atom. The molecule has 10 nitrogen and oxygen atoms in total. The lowest BCUT2D eigenvalue weighted by molar-refractivity contribution is -0.232. The Labute approximate surface area is 208 Å². The minimum atomic E-state index is -2.05. The van der Waals surface area contributed by atoms with Crippen LogP contribution in [0.1, 0.15) is 41.2 Å². The van der Waals surface area contributed by atoms with Gasteiger partial charge >= 0.3 is 0 Å². The van der Waals surface area contributed by atoms with Crippen molar-refractivity contribution in [2.24, 2.45) is 0 Å². The summed E-state index contributed by atoms with van der Waals surface area (Å²) >= 11 is 0. The van der Waals surface area contributed by atoms with Crippen LogP contribution in [0.2, 0.25) is 0 Å². The number of fused-ring (bicyclic) bond motifs is 6. The van der Waals surface area contributed by atoms with Gasteiger partial charge in [0, 0.05) is 42.9 Å². The fourth-order valence-electron chi connectivity index (χ4n) is 6.24. The van der Waals surface area contributed by atoms with Crippen LogP contribution in [-0.2, 0) is 36.7 Å². The van der Waals surface area contributed by atoms with E-state index in [0.717, 1.165) is 24.8 Å². The van der Waals surface area contributed by atoms with Crippen molar-refractivity contribution in [3.8, 4) is 17.2 Å². The monoisotopic (exact) mass is 504 g/mol. The number of aromatic hydroxyl groups is 1. The number of aliphatic hydroxyl groups is 2. The molecule has 3 N–H and O–H groups in total. The SMILES string of the molecule is COc1c2c(c(O)c3c4c(c(C)cc13)C(O)C1OC(C(OC)OC)C3(CO3)C1(O)O4)COCCCC2. The second kappa shape index (κ2) is 8.42. The van der Waals surface area contributed by atoms with Crippen molar-refractivity contribution in [2.75, 3.05) is 34.5 Å². The van der Waals surface area contributed by atoms with E-state index in [9.17, 15) is 15.3 Å². The van der Waals surface area contributed by atoms with E-state index in [1.54, 1.807) is 7.11 Å². The van der Waals surface area contributed by atoms with Crippen LogP contribution in [-0.4, -0.2) is 79.7 Å². The highest BCUT2D eigenvalue weighted by Crippen LogP contribution is 2.61. The summed E-state index contributed by atoms with van der Waals surface area (Å²) in [5, 5.41) is 36.0. The Morgan fingerprint density at radius 1 is 1.14 bits per heavy atom. The summed E-state index contributed by atoms with van der Waals surface area (Å²) in [7, 11) is 4.52. The fraction of sp³-hybridized carbons (Fsp3) is 0.615. The third-order valence-corrected chi connectivity index (χ3v) is 8.10. The van der Waals surface area contributed by atoms with Crippen LogP contribution < -0.4 is 9.47 Å². The number of phenolic OH excluding ortho intramolecular Hbond substituents is 1. The van der Waals surface area contributed by atoms with Crippen molar-refractivity contribution >= 4 is 10.8 Å². The number of aryl methyl sites for hydroxylation is 1. The van der Waals surface area contributed by atoms with Crippen LogP contribution in [0, 0.1) is 6.92 Å². The highest BCUT2D eigenvalue weighted by Gasteiger charge is 2.81. The summed E-state index contributed by atoms with van der Waals surface area (Å²) in [6, 6.07) is 1.87. The van der Waals surface area contributed by atoms with Gasteiger partial charge in [0.25, 0.3) is 5.79 Å². The van der Waals surface area contributed by atoms with Gasteiger partial charge in [-0.25, -0.2) is 0 Å². The molecule has 0 aromatic heterocycles. The molecule has 5 atom stereocenters. The first-order valence-corrected chi connectivity index (χ1v) is 12.2. The van der Waals surface area contributed by atoms with Crippen molar-refractivity contribution in [3.63, 3.8) is 0 Å². The zero-order valence-corrected chi connectivity index (χ0v) is 20.8. The predicted octanol–water partition coefficient (Wildman–Crippen LogP) is 1.99. The Balaban J connectivity index is 1.58. The molecule has 4 heterocycles. The molecule has 6 rings (SSSR count). The Kier molecular flexibility index (Phi) is 5.65. The molecule has 196 valence electrons. The van der Waals surface area contributed by atoms with E-state index < -0.39 is 36.0 Å². The molecular formula is C26H32O10. The topological polar surface area (TPSA) is 129 Å². The maximum absolute atomic E-state index is 11.9. The first-order valence-electron chi connectivity index (χ1n) is 12.2. The van der Waals surface area contributed by atoms with Gasteiger partial charge in [0.1, 0.15) is 29.5 Å². The van der Waals surface area contributed by atoms with E-state index in [4.69, 9.17) is 33.2 Å². The van der Waals surface area contributed by atoms with Crippen LogP contribution in [0.15, 0.2) is 6.07 Å². The molecule has 0 bridgehead atoms. The van der Waals surface area contributed by atoms with Gasteiger partial charge in [-0.3, -0.25) is 0 Å². The third kappa shape index (κ3) is 3.03. The van der Waals surface area contributed by atoms with Crippen molar-refractivity contribution in [1.82, 2.24) is 0 Å². The molecule has 1 spiro atoms. The molecule has 2 aromatic carbocycles. The summed E-state index contributed by atoms with van der Waals surface area (Å²) in [4.78, 5) is 0. The zero-order valence-electron chi connectivity index (χ0n) is 20.8. The minimum absolute atomic E-state index is 0.0129. The summed E-state index contributed by atoms with van der Waals surface area (Å²) in [6.45, 7) is 2.78. The van der Waals surface area contributed by atoms with Crippen LogP contribution in [0.25, 0.3) is 10.8 Å². The number of methoxy groups -OCH3 is 3. The van der Waals surface area contributed by atoms with Crippen molar-refractivity contribution in [2.45, 2.75) is 68.8 Å². The number of ether oxygens (including phenoxy) is 7. The molecule has 0 radical (unpaired) electrons. The number of epoxide rings is 1. The summed E-state index contributed by atoms with van der Waals surface area (Å²) in [5.41, 5.74) is 1.33. The molecule has 2 fully saturated rings. The third-order valence-electron chi connectivity index (χ3n) is 8.10. The molecular weight excluding hydrogens is 472 g/mol. The number of aliphatic hydroxyl groups excluding tert-OH is 1. The minimum Gasteiger partial charge on any atom is -0.507 e. The average Bonchev–Trinajstić information content (AvgIpc) is 3.60. The average molecular weight is 505 g/mol. The van der Waals surface area contributed by atoms with Crippen LogP contribution in [0.5, 0.6) is 17.2 Å². The largest absolute Gasteiger partial charge is 0.507 e. The molecule has 5 unspecified atom stereocenters. The van der Waals surface area contributed by atoms with Gasteiger partial charge < -0.3 is 48.5 Å². The molecule has 4 aliphatic heterocycles. The lowest BCUT2D eigenvalue weighted by Gasteiger charge is -2.41. The Bertz CT molecular complexity index is 1200. The smallest absolute Gasteiger partial charge is 0.271 e.